The second-order valence-corrected chi connectivity index (χ2v) is 1.30. The van der Waals surface area contributed by atoms with Gasteiger partial charge in [0, 0.05) is 0 Å². The molecule has 0 saturated carbocycles. The van der Waals surface area contributed by atoms with Crippen LogP contribution in [0.1, 0.15) is 0 Å². The zero-order chi connectivity index (χ0) is 6.57. The van der Waals surface area contributed by atoms with Crippen LogP contribution in [0.25, 0.3) is 0 Å². The van der Waals surface area contributed by atoms with E-state index in [4.69, 9.17) is 9.76 Å². The Bertz CT molecular complexity index is 111. The van der Waals surface area contributed by atoms with Crippen LogP contribution in [-0.4, -0.2) is 20.2 Å². The minimum absolute atomic E-state index is 0.105. The van der Waals surface area contributed by atoms with Crippen LogP contribution < -0.4 is 0 Å². The molecule has 0 unspecified atom stereocenters. The summed E-state index contributed by atoms with van der Waals surface area (Å²) in [4.78, 5) is 0. The van der Waals surface area contributed by atoms with Gasteiger partial charge in [-0.2, -0.15) is 0 Å². The van der Waals surface area contributed by atoms with E-state index in [1.807, 2.05) is 7.74 Å². The smallest absolute Gasteiger partial charge is 0.290 e. The van der Waals surface area contributed by atoms with Crippen molar-refractivity contribution in [3.63, 3.8) is 0 Å². The number of aliphatic hydroxyl groups excluding tert-OH is 1. The Morgan fingerprint density at radius 2 is 2.12 bits per heavy atom. The Balaban J connectivity index is 3.49. The van der Waals surface area contributed by atoms with Crippen molar-refractivity contribution in [1.29, 1.82) is 0 Å². The molecule has 8 heavy (non-hydrogen) atoms. The SMILES string of the molecule is BBOC(=C)C(=C)O. The summed E-state index contributed by atoms with van der Waals surface area (Å²) in [6.45, 7) is 6.58. The lowest BCUT2D eigenvalue weighted by molar-refractivity contribution is 0.354. The van der Waals surface area contributed by atoms with E-state index in [1.165, 1.54) is 0 Å². The molecule has 0 rings (SSSR count). The first-order valence-electron chi connectivity index (χ1n) is 2.38. The number of hydrogen-bond acceptors (Lipinski definition) is 2. The van der Waals surface area contributed by atoms with Gasteiger partial charge in [0.05, 0.1) is 0 Å². The first kappa shape index (κ1) is 7.21. The van der Waals surface area contributed by atoms with E-state index in [2.05, 4.69) is 13.2 Å². The molecule has 0 heterocycles. The highest BCUT2D eigenvalue weighted by molar-refractivity contribution is 6.85. The van der Waals surface area contributed by atoms with Crippen molar-refractivity contribution in [3.8, 4) is 0 Å². The van der Waals surface area contributed by atoms with E-state index in [0.29, 0.717) is 7.37 Å². The van der Waals surface area contributed by atoms with Crippen LogP contribution in [-0.2, 0) is 4.65 Å². The lowest BCUT2D eigenvalue weighted by atomic mass is 9.72. The highest BCUT2D eigenvalue weighted by Crippen LogP contribution is 1.98. The maximum Gasteiger partial charge on any atom is 0.290 e. The average molecular weight is 110 g/mol. The van der Waals surface area contributed by atoms with Crippen LogP contribution in [0.15, 0.2) is 24.7 Å². The lowest BCUT2D eigenvalue weighted by Gasteiger charge is -2.02. The summed E-state index contributed by atoms with van der Waals surface area (Å²) in [5.41, 5.74) is 0. The maximum absolute atomic E-state index is 8.53. The Kier molecular flexibility index (Phi) is 2.92. The maximum atomic E-state index is 8.53. The van der Waals surface area contributed by atoms with E-state index in [9.17, 15) is 0 Å². The van der Waals surface area contributed by atoms with Crippen molar-refractivity contribution in [2.45, 2.75) is 0 Å². The minimum Gasteiger partial charge on any atom is -0.571 e. The first-order valence-corrected chi connectivity index (χ1v) is 2.38. The minimum atomic E-state index is -0.105. The number of hydrogen-bond donors (Lipinski definition) is 1. The van der Waals surface area contributed by atoms with Gasteiger partial charge in [0.15, 0.2) is 0 Å². The van der Waals surface area contributed by atoms with Crippen molar-refractivity contribution < 1.29 is 9.76 Å². The molecule has 0 saturated heterocycles. The molecule has 0 aliphatic carbocycles. The summed E-state index contributed by atoms with van der Waals surface area (Å²) in [6, 6.07) is 0. The summed E-state index contributed by atoms with van der Waals surface area (Å²) in [5, 5.41) is 8.53. The molecular weight excluding hydrogens is 102 g/mol. The summed E-state index contributed by atoms with van der Waals surface area (Å²) in [7, 11) is 2.33. The molecule has 0 aliphatic rings. The average Bonchev–Trinajstić information content (AvgIpc) is 1.67. The lowest BCUT2D eigenvalue weighted by Crippen LogP contribution is -1.98. The predicted molar refractivity (Wildman–Crippen MR) is 37.7 cm³/mol. The van der Waals surface area contributed by atoms with E-state index in [0.717, 1.165) is 0 Å². The molecule has 0 aromatic rings. The van der Waals surface area contributed by atoms with Crippen molar-refractivity contribution in [2.24, 2.45) is 0 Å². The van der Waals surface area contributed by atoms with E-state index in [1.54, 1.807) is 0 Å². The van der Waals surface area contributed by atoms with Crippen LogP contribution in [0.4, 0.5) is 0 Å². The largest absolute Gasteiger partial charge is 0.571 e. The fourth-order valence-corrected chi connectivity index (χ4v) is 0.258. The van der Waals surface area contributed by atoms with Gasteiger partial charge in [-0.1, -0.05) is 13.2 Å². The molecule has 42 valence electrons. The monoisotopic (exact) mass is 110 g/mol. The Labute approximate surface area is 50.5 Å². The highest BCUT2D eigenvalue weighted by Gasteiger charge is 1.93. The Morgan fingerprint density at radius 1 is 1.62 bits per heavy atom. The summed E-state index contributed by atoms with van der Waals surface area (Å²) in [5.74, 6) is 0.138. The molecule has 2 nitrogen and oxygen atoms in total. The Hall–Kier alpha value is -0.790. The zero-order valence-corrected chi connectivity index (χ0v) is 4.98. The Morgan fingerprint density at radius 3 is 2.25 bits per heavy atom. The van der Waals surface area contributed by atoms with Gasteiger partial charge in [0.1, 0.15) is 19.3 Å². The highest BCUT2D eigenvalue weighted by atomic mass is 16.4. The van der Waals surface area contributed by atoms with Crippen LogP contribution in [0.5, 0.6) is 0 Å². The zero-order valence-electron chi connectivity index (χ0n) is 4.98. The van der Waals surface area contributed by atoms with Crippen molar-refractivity contribution in [1.82, 2.24) is 0 Å². The number of rotatable bonds is 3. The molecule has 0 amide bonds. The van der Waals surface area contributed by atoms with Crippen LogP contribution >= 0.6 is 0 Å². The third-order valence-electron chi connectivity index (χ3n) is 0.640. The molecule has 0 atom stereocenters. The predicted octanol–water partition coefficient (Wildman–Crippen LogP) is -0.512. The van der Waals surface area contributed by atoms with Crippen molar-refractivity contribution >= 4 is 15.1 Å². The molecule has 0 bridgehead atoms. The van der Waals surface area contributed by atoms with Crippen LogP contribution in [0.2, 0.25) is 0 Å². The van der Waals surface area contributed by atoms with Gasteiger partial charge >= 0.3 is 0 Å². The van der Waals surface area contributed by atoms with Crippen molar-refractivity contribution in [2.75, 3.05) is 0 Å². The third kappa shape index (κ3) is 2.39. The van der Waals surface area contributed by atoms with Gasteiger partial charge in [-0.05, 0) is 0 Å². The number of aliphatic hydroxyl groups is 1. The molecule has 0 aliphatic heterocycles. The summed E-state index contributed by atoms with van der Waals surface area (Å²) < 4.78 is 4.76. The van der Waals surface area contributed by atoms with E-state index < -0.39 is 0 Å². The quantitative estimate of drug-likeness (QED) is 0.301. The summed E-state index contributed by atoms with van der Waals surface area (Å²) >= 11 is 0. The second kappa shape index (κ2) is 3.24. The first-order chi connectivity index (χ1) is 3.68. The molecule has 1 N–H and O–H groups in total. The van der Waals surface area contributed by atoms with Gasteiger partial charge in [-0.15, -0.1) is 0 Å². The summed E-state index contributed by atoms with van der Waals surface area (Å²) in [6.07, 6.45) is 0. The van der Waals surface area contributed by atoms with Gasteiger partial charge < -0.3 is 9.76 Å². The molecule has 0 aromatic carbocycles. The molecule has 0 aromatic heterocycles. The molecule has 4 heteroatoms. The van der Waals surface area contributed by atoms with Crippen LogP contribution in [0.3, 0.4) is 0 Å². The fraction of sp³-hybridized carbons (Fsp3) is 0. The molecule has 0 radical (unpaired) electrons. The van der Waals surface area contributed by atoms with Gasteiger partial charge in [-0.25, -0.2) is 0 Å². The van der Waals surface area contributed by atoms with Crippen molar-refractivity contribution in [3.05, 3.63) is 24.7 Å². The molecule has 0 fully saturated rings. The van der Waals surface area contributed by atoms with Gasteiger partial charge in [0.25, 0.3) is 7.37 Å². The topological polar surface area (TPSA) is 29.5 Å². The standard InChI is InChI=1S/C4H8B2O2/c1-3(7)4(2)8-6-5/h6-7H,1-2,5H2. The fourth-order valence-electron chi connectivity index (χ4n) is 0.258. The van der Waals surface area contributed by atoms with Gasteiger partial charge in [-0.3, -0.25) is 0 Å². The van der Waals surface area contributed by atoms with E-state index in [-0.39, 0.29) is 11.5 Å². The third-order valence-corrected chi connectivity index (χ3v) is 0.640. The van der Waals surface area contributed by atoms with Gasteiger partial charge in [0.2, 0.25) is 0 Å². The van der Waals surface area contributed by atoms with Crippen LogP contribution in [0, 0.1) is 0 Å². The van der Waals surface area contributed by atoms with E-state index >= 15 is 0 Å². The molecule has 0 spiro atoms. The molecular formula is C4H8B2O2. The normalized spacial score (nSPS) is 7.50. The second-order valence-electron chi connectivity index (χ2n) is 1.30.